The number of hydrogen-bond donors (Lipinski definition) is 0. The SMILES string of the molecule is CC(=O)OC1/C=C/[C@H](C)C(C(C)C)OC(=O)/C=C/C=C/C=C/C=C/C=C/CC(OC(C)=O)[C@H](C)[C@H](OC(C)=O)CC(OC(C)=O)CC(OC(C)=O)CC(OC(C)=O)CC(OC(C)=O)CC(OC(C)=O)C1. The van der Waals surface area contributed by atoms with E-state index < -0.39 is 115 Å². The monoisotopic (exact) mass is 986 g/mol. The van der Waals surface area contributed by atoms with Crippen molar-refractivity contribution in [1.82, 2.24) is 0 Å². The van der Waals surface area contributed by atoms with Crippen LogP contribution in [0, 0.1) is 17.8 Å². The van der Waals surface area contributed by atoms with Gasteiger partial charge in [0, 0.05) is 118 Å². The van der Waals surface area contributed by atoms with E-state index >= 15 is 0 Å². The molecule has 0 N–H and O–H groups in total. The Kier molecular flexibility index (Phi) is 29.3. The molecule has 0 spiro atoms. The molecule has 1 aliphatic heterocycles. The number of hydrogen-bond acceptors (Lipinski definition) is 18. The first kappa shape index (κ1) is 61.7. The summed E-state index contributed by atoms with van der Waals surface area (Å²) in [7, 11) is 0. The maximum atomic E-state index is 12.9. The number of carbonyl (C=O) groups is 9. The molecule has 0 bridgehead atoms. The maximum Gasteiger partial charge on any atom is 0.331 e. The largest absolute Gasteiger partial charge is 0.462 e. The van der Waals surface area contributed by atoms with Crippen LogP contribution in [-0.2, 0) is 85.8 Å². The lowest BCUT2D eigenvalue weighted by molar-refractivity contribution is -0.164. The van der Waals surface area contributed by atoms with Crippen molar-refractivity contribution in [1.29, 1.82) is 0 Å². The van der Waals surface area contributed by atoms with E-state index in [0.29, 0.717) is 0 Å². The minimum atomic E-state index is -1.13. The standard InChI is InChI=1S/C52H74O18/c1-32(2)52-33(3)24-25-43(62-35(5)53)26-44(63-36(6)54)27-45(64-37(7)55)28-46(65-38(8)56)29-47(66-39(9)57)30-48(67-40(10)58)31-50(69-42(12)60)34(4)49(68-41(11)59)22-20-18-16-14-13-15-17-19-21-23-51(61)70-52/h13-21,23-25,32-34,43-50,52H,22,26-31H2,1-12H3/b15-13+,16-14+,19-17+,20-18+,23-21+,25-24+/t33-,34-,43?,44?,45?,46?,47?,48?,49?,50+,52?/m0/s1. The van der Waals surface area contributed by atoms with Gasteiger partial charge in [-0.05, 0) is 12.0 Å². The Balaban J connectivity index is 3.99. The Morgan fingerprint density at radius 3 is 1.21 bits per heavy atom. The van der Waals surface area contributed by atoms with E-state index in [1.165, 1.54) is 46.8 Å². The molecular weight excluding hydrogens is 913 g/mol. The Morgan fingerprint density at radius 2 is 0.814 bits per heavy atom. The van der Waals surface area contributed by atoms with Crippen molar-refractivity contribution in [3.63, 3.8) is 0 Å². The molecule has 0 aromatic heterocycles. The second kappa shape index (κ2) is 33.2. The van der Waals surface area contributed by atoms with Crippen molar-refractivity contribution in [2.24, 2.45) is 17.8 Å². The van der Waals surface area contributed by atoms with E-state index in [1.54, 1.807) is 67.7 Å². The number of carbonyl (C=O) groups excluding carboxylic acids is 9. The summed E-state index contributed by atoms with van der Waals surface area (Å²) >= 11 is 0. The third kappa shape index (κ3) is 28.9. The number of ether oxygens (including phenoxy) is 9. The summed E-state index contributed by atoms with van der Waals surface area (Å²) in [5, 5.41) is 0. The normalized spacial score (nSPS) is 29.7. The summed E-state index contributed by atoms with van der Waals surface area (Å²) in [5.41, 5.74) is 0. The molecule has 390 valence electrons. The molecule has 18 heteroatoms. The van der Waals surface area contributed by atoms with Crippen molar-refractivity contribution in [3.8, 4) is 0 Å². The van der Waals surface area contributed by atoms with Gasteiger partial charge in [-0.2, -0.15) is 0 Å². The summed E-state index contributed by atoms with van der Waals surface area (Å²) in [6, 6.07) is 0. The van der Waals surface area contributed by atoms with Gasteiger partial charge in [0.2, 0.25) is 0 Å². The lowest BCUT2D eigenvalue weighted by Gasteiger charge is -2.33. The number of allylic oxidation sites excluding steroid dienone is 8. The van der Waals surface area contributed by atoms with Crippen LogP contribution < -0.4 is 0 Å². The van der Waals surface area contributed by atoms with Crippen LogP contribution in [0.3, 0.4) is 0 Å². The third-order valence-corrected chi connectivity index (χ3v) is 10.5. The molecule has 18 nitrogen and oxygen atoms in total. The van der Waals surface area contributed by atoms with Gasteiger partial charge in [-0.3, -0.25) is 38.4 Å². The van der Waals surface area contributed by atoms with Gasteiger partial charge < -0.3 is 42.6 Å². The van der Waals surface area contributed by atoms with Crippen LogP contribution in [0.4, 0.5) is 0 Å². The van der Waals surface area contributed by atoms with E-state index in [4.69, 9.17) is 42.6 Å². The summed E-state index contributed by atoms with van der Waals surface area (Å²) in [6.45, 7) is 16.8. The quantitative estimate of drug-likeness (QED) is 0.125. The second-order valence-electron chi connectivity index (χ2n) is 17.4. The molecule has 0 saturated carbocycles. The summed E-state index contributed by atoms with van der Waals surface area (Å²) < 4.78 is 51.3. The second-order valence-corrected chi connectivity index (χ2v) is 17.4. The molecule has 0 aromatic rings. The van der Waals surface area contributed by atoms with E-state index in [0.717, 1.165) is 20.8 Å². The first-order valence-corrected chi connectivity index (χ1v) is 23.4. The molecule has 0 amide bonds. The number of rotatable bonds is 9. The van der Waals surface area contributed by atoms with Crippen molar-refractivity contribution in [3.05, 3.63) is 72.9 Å². The van der Waals surface area contributed by atoms with Gasteiger partial charge in [0.1, 0.15) is 54.9 Å². The molecule has 11 atom stereocenters. The number of cyclic esters (lactones) is 1. The molecule has 1 aliphatic rings. The molecule has 1 rings (SSSR count). The zero-order valence-corrected chi connectivity index (χ0v) is 42.7. The highest BCUT2D eigenvalue weighted by molar-refractivity contribution is 5.82. The fourth-order valence-electron chi connectivity index (χ4n) is 7.85. The molecular formula is C52H74O18. The Labute approximate surface area is 412 Å². The van der Waals surface area contributed by atoms with Gasteiger partial charge in [-0.1, -0.05) is 88.5 Å². The molecule has 0 radical (unpaired) electrons. The van der Waals surface area contributed by atoms with Gasteiger partial charge in [-0.15, -0.1) is 0 Å². The molecule has 8 unspecified atom stereocenters. The summed E-state index contributed by atoms with van der Waals surface area (Å²) in [5.74, 6) is -7.28. The van der Waals surface area contributed by atoms with Gasteiger partial charge >= 0.3 is 53.7 Å². The average molecular weight is 987 g/mol. The van der Waals surface area contributed by atoms with Gasteiger partial charge in [-0.25, -0.2) is 4.79 Å². The highest BCUT2D eigenvalue weighted by Gasteiger charge is 2.36. The first-order valence-electron chi connectivity index (χ1n) is 23.4. The zero-order chi connectivity index (χ0) is 52.9. The topological polar surface area (TPSA) is 237 Å². The lowest BCUT2D eigenvalue weighted by atomic mass is 9.89. The molecule has 70 heavy (non-hydrogen) atoms. The van der Waals surface area contributed by atoms with Gasteiger partial charge in [0.15, 0.2) is 0 Å². The Hall–Kier alpha value is -6.33. The summed E-state index contributed by atoms with van der Waals surface area (Å²) in [4.78, 5) is 113. The van der Waals surface area contributed by atoms with E-state index in [-0.39, 0.29) is 56.8 Å². The van der Waals surface area contributed by atoms with Crippen LogP contribution in [0.5, 0.6) is 0 Å². The number of esters is 9. The summed E-state index contributed by atoms with van der Waals surface area (Å²) in [6.07, 6.45) is 10.3. The smallest absolute Gasteiger partial charge is 0.331 e. The maximum absolute atomic E-state index is 12.9. The van der Waals surface area contributed by atoms with Gasteiger partial charge in [0.05, 0.1) is 0 Å². The highest BCUT2D eigenvalue weighted by atomic mass is 16.6. The fourth-order valence-corrected chi connectivity index (χ4v) is 7.85. The minimum Gasteiger partial charge on any atom is -0.462 e. The predicted molar refractivity (Wildman–Crippen MR) is 255 cm³/mol. The van der Waals surface area contributed by atoms with E-state index in [9.17, 15) is 43.2 Å². The average Bonchev–Trinajstić information content (AvgIpc) is 3.20. The third-order valence-electron chi connectivity index (χ3n) is 10.5. The van der Waals surface area contributed by atoms with Crippen LogP contribution >= 0.6 is 0 Å². The van der Waals surface area contributed by atoms with Crippen molar-refractivity contribution in [2.75, 3.05) is 0 Å². The molecule has 0 aromatic carbocycles. The van der Waals surface area contributed by atoms with Crippen molar-refractivity contribution in [2.45, 2.75) is 183 Å². The molecule has 0 aliphatic carbocycles. The van der Waals surface area contributed by atoms with Crippen LogP contribution in [0.1, 0.15) is 128 Å². The zero-order valence-electron chi connectivity index (χ0n) is 42.7. The minimum absolute atomic E-state index is 0.111. The Morgan fingerprint density at radius 1 is 0.457 bits per heavy atom. The van der Waals surface area contributed by atoms with Crippen molar-refractivity contribution >= 4 is 53.7 Å². The molecule has 0 saturated heterocycles. The van der Waals surface area contributed by atoms with Crippen molar-refractivity contribution < 1.29 is 85.8 Å². The molecule has 1 heterocycles. The van der Waals surface area contributed by atoms with Crippen LogP contribution in [0.15, 0.2) is 72.9 Å². The highest BCUT2D eigenvalue weighted by Crippen LogP contribution is 2.29. The molecule has 0 fully saturated rings. The van der Waals surface area contributed by atoms with E-state index in [1.807, 2.05) is 20.8 Å². The lowest BCUT2D eigenvalue weighted by Crippen LogP contribution is -2.40. The predicted octanol–water partition coefficient (Wildman–Crippen LogP) is 7.36. The van der Waals surface area contributed by atoms with E-state index in [2.05, 4.69) is 0 Å². The van der Waals surface area contributed by atoms with Gasteiger partial charge in [0.25, 0.3) is 0 Å². The van der Waals surface area contributed by atoms with Crippen LogP contribution in [0.25, 0.3) is 0 Å². The van der Waals surface area contributed by atoms with Crippen LogP contribution in [-0.4, -0.2) is 109 Å². The Bertz CT molecular complexity index is 1920. The van der Waals surface area contributed by atoms with Crippen LogP contribution in [0.2, 0.25) is 0 Å². The fraction of sp³-hybridized carbons (Fsp3) is 0.596. The first-order chi connectivity index (χ1) is 32.8.